The number of rotatable bonds is 4. The summed E-state index contributed by atoms with van der Waals surface area (Å²) in [5, 5.41) is 0. The van der Waals surface area contributed by atoms with E-state index in [2.05, 4.69) is 83.3 Å². The summed E-state index contributed by atoms with van der Waals surface area (Å²) in [4.78, 5) is 0. The standard InChI is InChI=1S/C17H13.C7H9.C3H6.2ClH.Zr/c1-3-12-5-7-14-11-15-8-6-13(4-2)10-17(15)16(14)9-12;1-6-3-4-7(2)5-6;1-3-2;;;/h3-7,9-10H,1-2,11H2;3,5,7H,1-2H3;1-2H3;2*1H;/q;;;;;+2/p-2. The fraction of sp³-hybridized carbons (Fsp3) is 0.222. The van der Waals surface area contributed by atoms with Crippen molar-refractivity contribution in [2.45, 2.75) is 34.1 Å². The number of hydrogen-bond donors (Lipinski definition) is 0. The van der Waals surface area contributed by atoms with Crippen molar-refractivity contribution in [2.24, 2.45) is 5.92 Å². The Bertz CT molecular complexity index is 1110. The van der Waals surface area contributed by atoms with E-state index >= 15 is 0 Å². The van der Waals surface area contributed by atoms with Gasteiger partial charge in [0, 0.05) is 0 Å². The summed E-state index contributed by atoms with van der Waals surface area (Å²) in [6, 6.07) is 11.6. The van der Waals surface area contributed by atoms with Crippen LogP contribution in [0, 0.1) is 5.92 Å². The van der Waals surface area contributed by atoms with Gasteiger partial charge in [-0.3, -0.25) is 0 Å². The van der Waals surface area contributed by atoms with Gasteiger partial charge < -0.3 is 24.8 Å². The molecule has 3 heteroatoms. The van der Waals surface area contributed by atoms with Crippen molar-refractivity contribution >= 4 is 18.6 Å². The first kappa shape index (κ1) is 25.0. The van der Waals surface area contributed by atoms with Gasteiger partial charge in [-0.1, -0.05) is 0 Å². The molecule has 0 saturated carbocycles. The Morgan fingerprint density at radius 2 is 1.67 bits per heavy atom. The Hall–Kier alpha value is -1.27. The third-order valence-corrected chi connectivity index (χ3v) is 13.8. The van der Waals surface area contributed by atoms with E-state index < -0.39 is 21.3 Å². The summed E-state index contributed by atoms with van der Waals surface area (Å²) < 4.78 is 5.01. The molecule has 2 aliphatic carbocycles. The molecule has 1 unspecified atom stereocenters. The first-order valence-electron chi connectivity index (χ1n) is 10.1. The molecule has 1 atom stereocenters. The maximum atomic E-state index is 4.09. The molecule has 2 aromatic rings. The van der Waals surface area contributed by atoms with Crippen LogP contribution in [0.25, 0.3) is 23.3 Å². The van der Waals surface area contributed by atoms with Crippen molar-refractivity contribution in [1.82, 2.24) is 0 Å². The molecular formula is C27H28Cl2Zr. The van der Waals surface area contributed by atoms with Gasteiger partial charge in [0.15, 0.2) is 0 Å². The number of benzene rings is 2. The quantitative estimate of drug-likeness (QED) is 0.476. The molecule has 0 saturated heterocycles. The summed E-state index contributed by atoms with van der Waals surface area (Å²) in [6.07, 6.45) is 9.93. The SMILES string of the molecule is C=Cc1ccc2c(c1)-c1cc(C=C)c[c]([Zr+2]([C]3=CC(C)=CC3C)=[C](C)C)c1C2.[Cl-].[Cl-]. The van der Waals surface area contributed by atoms with Gasteiger partial charge in [-0.2, -0.15) is 0 Å². The zero-order valence-electron chi connectivity index (χ0n) is 18.2. The molecule has 0 fully saturated rings. The van der Waals surface area contributed by atoms with Crippen LogP contribution in [0.15, 0.2) is 64.5 Å². The van der Waals surface area contributed by atoms with Crippen LogP contribution in [0.2, 0.25) is 0 Å². The fourth-order valence-electron chi connectivity index (χ4n) is 4.70. The maximum Gasteiger partial charge on any atom is -1.00 e. The van der Waals surface area contributed by atoms with Crippen molar-refractivity contribution in [3.05, 3.63) is 86.7 Å². The molecule has 0 spiro atoms. The number of halogens is 2. The smallest absolute Gasteiger partial charge is 1.00 e. The van der Waals surface area contributed by atoms with E-state index in [1.807, 2.05) is 12.2 Å². The number of allylic oxidation sites excluding steroid dienone is 4. The molecule has 2 aromatic carbocycles. The van der Waals surface area contributed by atoms with E-state index in [9.17, 15) is 0 Å². The van der Waals surface area contributed by atoms with Crippen LogP contribution in [0.1, 0.15) is 49.9 Å². The van der Waals surface area contributed by atoms with E-state index in [4.69, 9.17) is 0 Å². The van der Waals surface area contributed by atoms with Crippen molar-refractivity contribution in [3.63, 3.8) is 0 Å². The van der Waals surface area contributed by atoms with Gasteiger partial charge in [-0.15, -0.1) is 0 Å². The summed E-state index contributed by atoms with van der Waals surface area (Å²) in [7, 11) is 0. The summed E-state index contributed by atoms with van der Waals surface area (Å²) in [5.74, 6) is 0.573. The van der Waals surface area contributed by atoms with Gasteiger partial charge in [-0.25, -0.2) is 0 Å². The average molecular weight is 515 g/mol. The minimum absolute atomic E-state index is 0. The molecular weight excluding hydrogens is 486 g/mol. The van der Waals surface area contributed by atoms with Gasteiger partial charge in [0.1, 0.15) is 0 Å². The predicted molar refractivity (Wildman–Crippen MR) is 122 cm³/mol. The first-order valence-corrected chi connectivity index (χ1v) is 13.7. The first-order chi connectivity index (χ1) is 13.4. The Kier molecular flexibility index (Phi) is 8.25. The third kappa shape index (κ3) is 4.36. The molecule has 0 aliphatic heterocycles. The topological polar surface area (TPSA) is 0 Å². The van der Waals surface area contributed by atoms with Crippen LogP contribution in [-0.4, -0.2) is 3.21 Å². The maximum absolute atomic E-state index is 4.09. The van der Waals surface area contributed by atoms with Gasteiger partial charge >= 0.3 is 178 Å². The minimum Gasteiger partial charge on any atom is -1.00 e. The van der Waals surface area contributed by atoms with E-state index in [1.54, 1.807) is 15.3 Å². The van der Waals surface area contributed by atoms with Crippen LogP contribution in [0.3, 0.4) is 0 Å². The molecule has 30 heavy (non-hydrogen) atoms. The molecule has 0 radical (unpaired) electrons. The van der Waals surface area contributed by atoms with E-state index in [1.165, 1.54) is 33.4 Å². The van der Waals surface area contributed by atoms with Crippen LogP contribution in [0.4, 0.5) is 0 Å². The average Bonchev–Trinajstić information content (AvgIpc) is 3.20. The predicted octanol–water partition coefficient (Wildman–Crippen LogP) is 0.487. The van der Waals surface area contributed by atoms with Crippen LogP contribution >= 0.6 is 0 Å². The van der Waals surface area contributed by atoms with Gasteiger partial charge in [0.25, 0.3) is 0 Å². The Morgan fingerprint density at radius 1 is 1.00 bits per heavy atom. The van der Waals surface area contributed by atoms with Crippen LogP contribution in [-0.2, 0) is 27.7 Å². The minimum atomic E-state index is -2.12. The molecule has 2 aliphatic rings. The van der Waals surface area contributed by atoms with Gasteiger partial charge in [-0.05, 0) is 0 Å². The molecule has 154 valence electrons. The second-order valence-electron chi connectivity index (χ2n) is 8.27. The van der Waals surface area contributed by atoms with E-state index in [-0.39, 0.29) is 24.8 Å². The van der Waals surface area contributed by atoms with Crippen molar-refractivity contribution in [1.29, 1.82) is 0 Å². The second kappa shape index (κ2) is 9.90. The second-order valence-corrected chi connectivity index (χ2v) is 15.3. The van der Waals surface area contributed by atoms with E-state index in [0.29, 0.717) is 5.92 Å². The van der Waals surface area contributed by atoms with Crippen molar-refractivity contribution < 1.29 is 46.1 Å². The zero-order valence-corrected chi connectivity index (χ0v) is 22.1. The Labute approximate surface area is 201 Å². The van der Waals surface area contributed by atoms with Gasteiger partial charge in [0.2, 0.25) is 0 Å². The third-order valence-electron chi connectivity index (χ3n) is 5.98. The molecule has 4 rings (SSSR count). The molecule has 0 nitrogen and oxygen atoms in total. The summed E-state index contributed by atoms with van der Waals surface area (Å²) in [6.45, 7) is 17.4. The molecule has 0 N–H and O–H groups in total. The van der Waals surface area contributed by atoms with Crippen LogP contribution < -0.4 is 28.1 Å². The van der Waals surface area contributed by atoms with Gasteiger partial charge in [0.05, 0.1) is 0 Å². The molecule has 0 heterocycles. The zero-order chi connectivity index (χ0) is 20.0. The molecule has 0 amide bonds. The normalized spacial score (nSPS) is 15.4. The van der Waals surface area contributed by atoms with Crippen molar-refractivity contribution in [3.8, 4) is 11.1 Å². The number of fused-ring (bicyclic) bond motifs is 3. The monoisotopic (exact) mass is 512 g/mol. The van der Waals surface area contributed by atoms with Crippen molar-refractivity contribution in [2.75, 3.05) is 0 Å². The molecule has 0 bridgehead atoms. The van der Waals surface area contributed by atoms with E-state index in [0.717, 1.165) is 6.42 Å². The Balaban J connectivity index is 0.00000160. The fourth-order valence-corrected chi connectivity index (χ4v) is 12.5. The summed E-state index contributed by atoms with van der Waals surface area (Å²) >= 11 is -2.12. The number of hydrogen-bond acceptors (Lipinski definition) is 0. The summed E-state index contributed by atoms with van der Waals surface area (Å²) in [5.41, 5.74) is 9.69. The molecule has 0 aromatic heterocycles. The Morgan fingerprint density at radius 3 is 2.23 bits per heavy atom. The largest absolute Gasteiger partial charge is 1.00 e. The van der Waals surface area contributed by atoms with Crippen LogP contribution in [0.5, 0.6) is 0 Å².